The highest BCUT2D eigenvalue weighted by atomic mass is 32.2. The third-order valence-corrected chi connectivity index (χ3v) is 6.72. The summed E-state index contributed by atoms with van der Waals surface area (Å²) in [6, 6.07) is 7.74. The molecule has 0 bridgehead atoms. The van der Waals surface area contributed by atoms with E-state index in [0.717, 1.165) is 46.5 Å². The molecular formula is C21H23N7O2S2. The molecule has 166 valence electrons. The second kappa shape index (κ2) is 9.39. The number of carbonyl (C=O) groups excluding carboxylic acids is 1. The van der Waals surface area contributed by atoms with Crippen molar-refractivity contribution in [3.05, 3.63) is 35.3 Å². The van der Waals surface area contributed by atoms with Crippen molar-refractivity contribution < 1.29 is 9.53 Å². The van der Waals surface area contributed by atoms with Gasteiger partial charge < -0.3 is 15.0 Å². The molecule has 3 heterocycles. The first-order chi connectivity index (χ1) is 15.6. The fraction of sp³-hybridized carbons (Fsp3) is 0.381. The van der Waals surface area contributed by atoms with Crippen molar-refractivity contribution in [3.63, 3.8) is 0 Å². The van der Waals surface area contributed by atoms with Crippen LogP contribution in [-0.4, -0.2) is 52.1 Å². The van der Waals surface area contributed by atoms with Gasteiger partial charge in [0, 0.05) is 40.7 Å². The molecule has 2 fully saturated rings. The minimum Gasteiger partial charge on any atom is -0.378 e. The number of nitrogens with one attached hydrogen (secondary N) is 2. The Balaban J connectivity index is 1.35. The van der Waals surface area contributed by atoms with Gasteiger partial charge in [0.1, 0.15) is 0 Å². The van der Waals surface area contributed by atoms with Gasteiger partial charge in [-0.25, -0.2) is 4.98 Å². The lowest BCUT2D eigenvalue weighted by atomic mass is 10.3. The maximum Gasteiger partial charge on any atom is 0.234 e. The Hall–Kier alpha value is -2.76. The van der Waals surface area contributed by atoms with Crippen LogP contribution in [0.25, 0.3) is 0 Å². The van der Waals surface area contributed by atoms with Crippen LogP contribution in [0.3, 0.4) is 0 Å². The van der Waals surface area contributed by atoms with Crippen LogP contribution in [0, 0.1) is 12.8 Å². The smallest absolute Gasteiger partial charge is 0.234 e. The third kappa shape index (κ3) is 5.34. The number of hydrogen-bond donors (Lipinski definition) is 2. The molecule has 1 saturated carbocycles. The second-order valence-corrected chi connectivity index (χ2v) is 9.91. The molecule has 1 aliphatic carbocycles. The van der Waals surface area contributed by atoms with E-state index in [1.807, 2.05) is 37.4 Å². The van der Waals surface area contributed by atoms with Crippen molar-refractivity contribution in [2.24, 2.45) is 5.92 Å². The molecule has 0 atom stereocenters. The van der Waals surface area contributed by atoms with E-state index in [1.165, 1.54) is 11.8 Å². The summed E-state index contributed by atoms with van der Waals surface area (Å²) >= 11 is 3.00. The Morgan fingerprint density at radius 1 is 1.16 bits per heavy atom. The Morgan fingerprint density at radius 3 is 2.62 bits per heavy atom. The molecule has 11 heteroatoms. The van der Waals surface area contributed by atoms with Crippen molar-refractivity contribution in [2.75, 3.05) is 41.8 Å². The second-order valence-electron chi connectivity index (χ2n) is 7.63. The van der Waals surface area contributed by atoms with Crippen molar-refractivity contribution in [1.29, 1.82) is 0 Å². The van der Waals surface area contributed by atoms with Gasteiger partial charge in [-0.15, -0.1) is 11.3 Å². The number of hydrogen-bond acceptors (Lipinski definition) is 10. The summed E-state index contributed by atoms with van der Waals surface area (Å²) in [5, 5.41) is 7.50. The zero-order valence-electron chi connectivity index (χ0n) is 17.6. The normalized spacial score (nSPS) is 16.1. The predicted molar refractivity (Wildman–Crippen MR) is 125 cm³/mol. The first-order valence-electron chi connectivity index (χ1n) is 10.5. The van der Waals surface area contributed by atoms with Crippen LogP contribution in [0.1, 0.15) is 17.7 Å². The summed E-state index contributed by atoms with van der Waals surface area (Å²) < 4.78 is 5.46. The molecule has 9 nitrogen and oxygen atoms in total. The largest absolute Gasteiger partial charge is 0.378 e. The number of aromatic nitrogens is 4. The molecule has 0 unspecified atom stereocenters. The first-order valence-corrected chi connectivity index (χ1v) is 12.1. The maximum absolute atomic E-state index is 12.0. The van der Waals surface area contributed by atoms with Crippen LogP contribution in [0.4, 0.5) is 22.7 Å². The Bertz CT molecular complexity index is 1100. The van der Waals surface area contributed by atoms with Crippen molar-refractivity contribution in [3.8, 4) is 0 Å². The van der Waals surface area contributed by atoms with E-state index in [4.69, 9.17) is 4.74 Å². The zero-order chi connectivity index (χ0) is 21.9. The number of amides is 1. The van der Waals surface area contributed by atoms with Crippen LogP contribution in [0.2, 0.25) is 0 Å². The van der Waals surface area contributed by atoms with Gasteiger partial charge in [-0.2, -0.15) is 15.0 Å². The van der Waals surface area contributed by atoms with Gasteiger partial charge in [0.2, 0.25) is 17.8 Å². The minimum atomic E-state index is 0.103. The maximum atomic E-state index is 12.0. The quantitative estimate of drug-likeness (QED) is 0.535. The number of benzene rings is 1. The van der Waals surface area contributed by atoms with E-state index in [-0.39, 0.29) is 11.8 Å². The molecule has 2 aliphatic rings. The van der Waals surface area contributed by atoms with Crippen LogP contribution in [0.5, 0.6) is 0 Å². The summed E-state index contributed by atoms with van der Waals surface area (Å²) in [5.41, 5.74) is 0.803. The van der Waals surface area contributed by atoms with Crippen molar-refractivity contribution >= 4 is 51.7 Å². The highest BCUT2D eigenvalue weighted by Crippen LogP contribution is 2.32. The van der Waals surface area contributed by atoms with Gasteiger partial charge in [0.05, 0.1) is 13.2 Å². The van der Waals surface area contributed by atoms with Crippen molar-refractivity contribution in [2.45, 2.75) is 29.8 Å². The van der Waals surface area contributed by atoms with Crippen LogP contribution < -0.4 is 15.5 Å². The zero-order valence-corrected chi connectivity index (χ0v) is 19.2. The first kappa shape index (κ1) is 21.1. The number of nitrogens with zero attached hydrogens (tertiary/aromatic N) is 5. The summed E-state index contributed by atoms with van der Waals surface area (Å²) in [6.07, 6.45) is 3.79. The van der Waals surface area contributed by atoms with E-state index in [0.29, 0.717) is 30.3 Å². The number of rotatable bonds is 7. The van der Waals surface area contributed by atoms with Gasteiger partial charge in [-0.3, -0.25) is 10.1 Å². The van der Waals surface area contributed by atoms with Gasteiger partial charge in [0.25, 0.3) is 0 Å². The van der Waals surface area contributed by atoms with Crippen LogP contribution in [-0.2, 0) is 9.53 Å². The average Bonchev–Trinajstić information content (AvgIpc) is 3.58. The highest BCUT2D eigenvalue weighted by Gasteiger charge is 2.29. The minimum absolute atomic E-state index is 0.103. The van der Waals surface area contributed by atoms with Crippen LogP contribution in [0.15, 0.2) is 40.5 Å². The molecule has 1 amide bonds. The Kier molecular flexibility index (Phi) is 6.19. The molecule has 2 N–H and O–H groups in total. The molecule has 0 spiro atoms. The predicted octanol–water partition coefficient (Wildman–Crippen LogP) is 3.72. The average molecular weight is 470 g/mol. The van der Waals surface area contributed by atoms with E-state index in [2.05, 4.69) is 35.5 Å². The molecule has 1 aromatic carbocycles. The molecule has 32 heavy (non-hydrogen) atoms. The van der Waals surface area contributed by atoms with Crippen molar-refractivity contribution in [1.82, 2.24) is 19.9 Å². The lowest BCUT2D eigenvalue weighted by molar-refractivity contribution is -0.117. The van der Waals surface area contributed by atoms with Gasteiger partial charge in [-0.1, -0.05) is 0 Å². The topological polar surface area (TPSA) is 105 Å². The molecular weight excluding hydrogens is 446 g/mol. The lowest BCUT2D eigenvalue weighted by Crippen LogP contribution is -2.37. The van der Waals surface area contributed by atoms with E-state index in [9.17, 15) is 4.79 Å². The molecule has 5 rings (SSSR count). The number of carbonyl (C=O) groups is 1. The molecule has 2 aromatic heterocycles. The van der Waals surface area contributed by atoms with E-state index >= 15 is 0 Å². The lowest BCUT2D eigenvalue weighted by Gasteiger charge is -2.27. The third-order valence-electron chi connectivity index (χ3n) is 5.02. The summed E-state index contributed by atoms with van der Waals surface area (Å²) in [4.78, 5) is 34.4. The molecule has 0 radical (unpaired) electrons. The number of thiazole rings is 1. The summed E-state index contributed by atoms with van der Waals surface area (Å²) in [6.45, 7) is 4.78. The highest BCUT2D eigenvalue weighted by molar-refractivity contribution is 7.99. The number of aryl methyl sites for hydroxylation is 1. The fourth-order valence-corrected chi connectivity index (χ4v) is 4.56. The monoisotopic (exact) mass is 469 g/mol. The fourth-order valence-electron chi connectivity index (χ4n) is 3.16. The Morgan fingerprint density at radius 2 is 1.94 bits per heavy atom. The molecule has 1 aliphatic heterocycles. The summed E-state index contributed by atoms with van der Waals surface area (Å²) in [5.74, 6) is 1.37. The standard InChI is InChI=1S/C21H23N7O2S2/c1-13-12-22-20(31-13)25-18-24-19(28-8-10-30-11-9-28)27-21(26-18)32-16-6-4-15(5-7-16)23-17(29)14-2-3-14/h4-7,12,14H,2-3,8-11H2,1H3,(H,23,29)(H,22,24,25,26,27). The number of morpholine rings is 1. The molecule has 1 saturated heterocycles. The van der Waals surface area contributed by atoms with Gasteiger partial charge >= 0.3 is 0 Å². The van der Waals surface area contributed by atoms with E-state index in [1.54, 1.807) is 11.3 Å². The number of anilines is 4. The Labute approximate surface area is 194 Å². The van der Waals surface area contributed by atoms with Crippen LogP contribution >= 0.6 is 23.1 Å². The van der Waals surface area contributed by atoms with E-state index < -0.39 is 0 Å². The number of ether oxygens (including phenoxy) is 1. The SMILES string of the molecule is Cc1cnc(Nc2nc(Sc3ccc(NC(=O)C4CC4)cc3)nc(N3CCOCC3)n2)s1. The van der Waals surface area contributed by atoms with Gasteiger partial charge in [0.15, 0.2) is 10.3 Å². The summed E-state index contributed by atoms with van der Waals surface area (Å²) in [7, 11) is 0. The molecule has 3 aromatic rings. The van der Waals surface area contributed by atoms with Gasteiger partial charge in [-0.05, 0) is 55.8 Å².